The second kappa shape index (κ2) is 27.8. The van der Waals surface area contributed by atoms with Crippen LogP contribution in [0.1, 0.15) is 0 Å². The first-order valence-electron chi connectivity index (χ1n) is 39.3. The molecule has 0 saturated heterocycles. The Bertz CT molecular complexity index is 7920. The molecule has 0 saturated carbocycles. The fourth-order valence-electron chi connectivity index (χ4n) is 18.0. The summed E-state index contributed by atoms with van der Waals surface area (Å²) in [5.74, 6) is 0. The average Bonchev–Trinajstić information content (AvgIpc) is 1.37. The smallest absolute Gasteiger partial charge is 0.264 e. The van der Waals surface area contributed by atoms with Crippen molar-refractivity contribution in [3.63, 3.8) is 0 Å². The summed E-state index contributed by atoms with van der Waals surface area (Å²) in [5.41, 5.74) is 26.6. The quantitative estimate of drug-likeness (QED) is 0.143. The number of imidazole rings is 3. The van der Waals surface area contributed by atoms with E-state index >= 15 is 0 Å². The second-order valence-electron chi connectivity index (χ2n) is 29.8. The lowest BCUT2D eigenvalue weighted by Gasteiger charge is -2.12. The van der Waals surface area contributed by atoms with Gasteiger partial charge in [-0.15, -0.1) is 0 Å². The van der Waals surface area contributed by atoms with Gasteiger partial charge in [0.25, 0.3) is 16.7 Å². The molecule has 0 unspecified atom stereocenters. The van der Waals surface area contributed by atoms with Gasteiger partial charge in [-0.3, -0.25) is 27.6 Å². The van der Waals surface area contributed by atoms with E-state index in [9.17, 15) is 14.4 Å². The van der Waals surface area contributed by atoms with Crippen LogP contribution >= 0.6 is 0 Å². The van der Waals surface area contributed by atoms with Crippen LogP contribution in [-0.2, 0) is 0 Å². The molecule has 0 amide bonds. The summed E-state index contributed by atoms with van der Waals surface area (Å²) >= 11 is 0. The van der Waals surface area contributed by atoms with Crippen LogP contribution in [0.15, 0.2) is 415 Å². The van der Waals surface area contributed by atoms with Gasteiger partial charge in [0.15, 0.2) is 0 Å². The van der Waals surface area contributed by atoms with Crippen LogP contribution in [0, 0.1) is 0 Å². The highest BCUT2D eigenvalue weighted by Crippen LogP contribution is 2.45. The van der Waals surface area contributed by atoms with E-state index in [0.29, 0.717) is 33.1 Å². The maximum Gasteiger partial charge on any atom is 0.264 e. The third-order valence-corrected chi connectivity index (χ3v) is 23.3. The SMILES string of the molecule is O=c1c2ccc(-c3ccccc3)c3cccc(c32)c2nc3c(-c4ccccc4)ccc(-c4ccccc4)c3n12.O=c1c2ccc(-c3ccccc3)c3cccc(c32)c2nc3cc(-c4ccccc4)c(-c4ccccc4)cc3n12.O=c1c2cccc3c(-c4ccccc4)ccc(c32)c2nc3cc(-c4ccccc4)c(-c4ccccc4)cc3n12. The molecule has 117 heavy (non-hydrogen) atoms. The van der Waals surface area contributed by atoms with Gasteiger partial charge in [0, 0.05) is 59.6 Å². The number of pyridine rings is 3. The van der Waals surface area contributed by atoms with Crippen molar-refractivity contribution in [3.05, 3.63) is 431 Å². The molecule has 6 aromatic heterocycles. The number of aromatic nitrogens is 6. The first-order chi connectivity index (χ1) is 57.8. The first-order valence-corrected chi connectivity index (χ1v) is 39.3. The molecule has 0 fully saturated rings. The lowest BCUT2D eigenvalue weighted by atomic mass is 9.93. The number of fused-ring (bicyclic) bond motifs is 12. The summed E-state index contributed by atoms with van der Waals surface area (Å²) in [6.45, 7) is 0. The molecule has 9 heteroatoms. The zero-order chi connectivity index (χ0) is 77.8. The van der Waals surface area contributed by atoms with Crippen molar-refractivity contribution in [1.29, 1.82) is 0 Å². The molecular formula is C108H66N6O3. The van der Waals surface area contributed by atoms with Crippen LogP contribution in [0.3, 0.4) is 0 Å². The van der Waals surface area contributed by atoms with Crippen LogP contribution in [0.5, 0.6) is 0 Å². The third kappa shape index (κ3) is 11.2. The fraction of sp³-hybridized carbons (Fsp3) is 0. The van der Waals surface area contributed by atoms with Gasteiger partial charge in [-0.05, 0) is 154 Å². The predicted octanol–water partition coefficient (Wildman–Crippen LogP) is 25.8. The molecule has 18 aromatic carbocycles. The Hall–Kier alpha value is -15.8. The summed E-state index contributed by atoms with van der Waals surface area (Å²) in [6.07, 6.45) is 0. The van der Waals surface area contributed by atoms with Crippen LogP contribution < -0.4 is 16.7 Å². The summed E-state index contributed by atoms with van der Waals surface area (Å²) in [4.78, 5) is 58.1. The van der Waals surface area contributed by atoms with Crippen LogP contribution in [0.25, 0.3) is 215 Å². The van der Waals surface area contributed by atoms with Gasteiger partial charge in [0.2, 0.25) is 0 Å². The van der Waals surface area contributed by atoms with Crippen molar-refractivity contribution in [2.45, 2.75) is 0 Å². The van der Waals surface area contributed by atoms with Crippen LogP contribution in [0.2, 0.25) is 0 Å². The summed E-state index contributed by atoms with van der Waals surface area (Å²) in [6, 6.07) is 137. The van der Waals surface area contributed by atoms with Crippen molar-refractivity contribution in [2.24, 2.45) is 0 Å². The van der Waals surface area contributed by atoms with Crippen LogP contribution in [-0.4, -0.2) is 28.2 Å². The number of hydrogen-bond acceptors (Lipinski definition) is 6. The summed E-state index contributed by atoms with van der Waals surface area (Å²) in [5, 5.41) is 11.2. The predicted molar refractivity (Wildman–Crippen MR) is 484 cm³/mol. The fourth-order valence-corrected chi connectivity index (χ4v) is 18.0. The first kappa shape index (κ1) is 68.0. The van der Waals surface area contributed by atoms with Gasteiger partial charge in [-0.1, -0.05) is 352 Å². The lowest BCUT2D eigenvalue weighted by molar-refractivity contribution is 1.19. The van der Waals surface area contributed by atoms with Gasteiger partial charge in [0.05, 0.1) is 33.1 Å². The van der Waals surface area contributed by atoms with Crippen molar-refractivity contribution >= 4 is 115 Å². The van der Waals surface area contributed by atoms with Crippen molar-refractivity contribution in [3.8, 4) is 100 Å². The topological polar surface area (TPSA) is 103 Å². The molecule has 24 aromatic rings. The van der Waals surface area contributed by atoms with E-state index in [1.165, 1.54) is 0 Å². The number of hydrogen-bond donors (Lipinski definition) is 0. The molecule has 0 aliphatic rings. The highest BCUT2D eigenvalue weighted by atomic mass is 16.1. The third-order valence-electron chi connectivity index (χ3n) is 23.3. The average molecular weight is 1500 g/mol. The Morgan fingerprint density at radius 1 is 0.179 bits per heavy atom. The molecule has 24 rings (SSSR count). The van der Waals surface area contributed by atoms with Gasteiger partial charge < -0.3 is 0 Å². The second-order valence-corrected chi connectivity index (χ2v) is 29.8. The van der Waals surface area contributed by atoms with Crippen molar-refractivity contribution in [1.82, 2.24) is 28.2 Å². The Morgan fingerprint density at radius 2 is 0.419 bits per heavy atom. The van der Waals surface area contributed by atoms with E-state index in [1.54, 1.807) is 8.80 Å². The highest BCUT2D eigenvalue weighted by Gasteiger charge is 2.26. The maximum atomic E-state index is 14.4. The van der Waals surface area contributed by atoms with E-state index in [-0.39, 0.29) is 16.7 Å². The van der Waals surface area contributed by atoms with Crippen molar-refractivity contribution in [2.75, 3.05) is 0 Å². The minimum absolute atomic E-state index is 0.0396. The standard InChI is InChI=1S/3C36H22N2O/c39-36-31-22-19-26(23-11-4-1-5-12-23)29-17-10-18-30(32(29)31)35-37-33-27(24-13-6-2-7-14-24)20-21-28(34(33)38(35)36)25-15-8-3-9-16-25;39-36-29-18-10-17-27-26(23-11-4-1-5-12-23)19-20-28(34(27)29)35-37-32-21-30(24-13-6-2-7-14-24)31(22-33(32)38(35)36)25-15-8-3-9-16-25;39-36-29-20-19-26(23-11-4-1-5-12-23)27-17-10-18-28(34(27)29)35-37-32-21-30(24-13-6-2-7-14-24)31(22-33(32)38(35)36)25-15-8-3-9-16-25/h3*1-22H. The zero-order valence-corrected chi connectivity index (χ0v) is 63.0. The Morgan fingerprint density at radius 3 is 0.769 bits per heavy atom. The van der Waals surface area contributed by atoms with Crippen LogP contribution in [0.4, 0.5) is 0 Å². The summed E-state index contributed by atoms with van der Waals surface area (Å²) < 4.78 is 5.44. The molecule has 9 nitrogen and oxygen atoms in total. The van der Waals surface area contributed by atoms with E-state index in [2.05, 4.69) is 237 Å². The molecule has 0 radical (unpaired) electrons. The monoisotopic (exact) mass is 1490 g/mol. The van der Waals surface area contributed by atoms with E-state index in [0.717, 1.165) is 182 Å². The Labute approximate surface area is 670 Å². The number of benzene rings is 18. The Balaban J connectivity index is 0.000000106. The van der Waals surface area contributed by atoms with Gasteiger partial charge in [-0.25, -0.2) is 15.0 Å². The van der Waals surface area contributed by atoms with Gasteiger partial charge >= 0.3 is 0 Å². The Kier molecular flexibility index (Phi) is 16.2. The summed E-state index contributed by atoms with van der Waals surface area (Å²) in [7, 11) is 0. The zero-order valence-electron chi connectivity index (χ0n) is 63.0. The van der Waals surface area contributed by atoms with E-state index < -0.39 is 0 Å². The molecule has 0 spiro atoms. The molecule has 0 atom stereocenters. The van der Waals surface area contributed by atoms with Gasteiger partial charge in [-0.2, -0.15) is 0 Å². The molecule has 0 N–H and O–H groups in total. The molecular weight excluding hydrogens is 1430 g/mol. The number of nitrogens with zero attached hydrogens (tertiary/aromatic N) is 6. The van der Waals surface area contributed by atoms with Crippen molar-refractivity contribution < 1.29 is 0 Å². The number of rotatable bonds is 9. The molecule has 546 valence electrons. The normalized spacial score (nSPS) is 11.7. The lowest BCUT2D eigenvalue weighted by Crippen LogP contribution is -2.13. The highest BCUT2D eigenvalue weighted by molar-refractivity contribution is 6.23. The van der Waals surface area contributed by atoms with E-state index in [1.807, 2.05) is 168 Å². The molecule has 6 heterocycles. The largest absolute Gasteiger partial charge is 0.268 e. The van der Waals surface area contributed by atoms with Gasteiger partial charge in [0.1, 0.15) is 16.9 Å². The molecule has 0 aliphatic carbocycles. The minimum Gasteiger partial charge on any atom is -0.268 e. The minimum atomic E-state index is -0.0433. The molecule has 0 bridgehead atoms. The maximum absolute atomic E-state index is 14.4. The molecule has 0 aliphatic heterocycles. The van der Waals surface area contributed by atoms with E-state index in [4.69, 9.17) is 15.0 Å².